The van der Waals surface area contributed by atoms with Gasteiger partial charge < -0.3 is 20.1 Å². The number of hydrogen-bond donors (Lipinski definition) is 2. The topological polar surface area (TPSA) is 77.4 Å². The molecule has 0 bridgehead atoms. The lowest BCUT2D eigenvalue weighted by molar-refractivity contribution is 0.249. The van der Waals surface area contributed by atoms with Crippen LogP contribution in [0.2, 0.25) is 0 Å². The van der Waals surface area contributed by atoms with E-state index in [0.717, 1.165) is 12.1 Å². The van der Waals surface area contributed by atoms with Crippen LogP contribution in [0.3, 0.4) is 0 Å². The van der Waals surface area contributed by atoms with E-state index in [2.05, 4.69) is 15.7 Å². The fourth-order valence-corrected chi connectivity index (χ4v) is 2.39. The second-order valence-corrected chi connectivity index (χ2v) is 5.48. The third-order valence-electron chi connectivity index (χ3n) is 3.63. The molecule has 0 radical (unpaired) electrons. The second kappa shape index (κ2) is 8.96. The number of benzene rings is 1. The molecule has 0 saturated heterocycles. The first-order valence-corrected chi connectivity index (χ1v) is 8.56. The molecular weight excluding hydrogens is 320 g/mol. The number of carbonyl (C=O) groups excluding carboxylic acids is 1. The number of aromatic nitrogens is 2. The smallest absolute Gasteiger partial charge is 0.319 e. The zero-order valence-corrected chi connectivity index (χ0v) is 15.2. The molecule has 2 rings (SSSR count). The van der Waals surface area contributed by atoms with Crippen molar-refractivity contribution < 1.29 is 14.3 Å². The normalized spacial score (nSPS) is 11.7. The first-order valence-electron chi connectivity index (χ1n) is 8.56. The van der Waals surface area contributed by atoms with E-state index in [-0.39, 0.29) is 12.1 Å². The van der Waals surface area contributed by atoms with Crippen LogP contribution >= 0.6 is 0 Å². The van der Waals surface area contributed by atoms with Gasteiger partial charge in [0.2, 0.25) is 0 Å². The molecule has 1 unspecified atom stereocenters. The van der Waals surface area contributed by atoms with Gasteiger partial charge in [-0.2, -0.15) is 5.10 Å². The van der Waals surface area contributed by atoms with Crippen LogP contribution in [0, 0.1) is 0 Å². The summed E-state index contributed by atoms with van der Waals surface area (Å²) in [5.41, 5.74) is 1.60. The third-order valence-corrected chi connectivity index (χ3v) is 3.63. The van der Waals surface area contributed by atoms with Crippen LogP contribution in [0.25, 0.3) is 0 Å². The Hall–Kier alpha value is -2.70. The van der Waals surface area contributed by atoms with Crippen molar-refractivity contribution in [1.29, 1.82) is 0 Å². The lowest BCUT2D eigenvalue weighted by Crippen LogP contribution is -2.31. The van der Waals surface area contributed by atoms with Crippen molar-refractivity contribution in [3.8, 4) is 11.5 Å². The predicted octanol–water partition coefficient (Wildman–Crippen LogP) is 3.58. The lowest BCUT2D eigenvalue weighted by atomic mass is 10.1. The van der Waals surface area contributed by atoms with E-state index in [1.54, 1.807) is 17.1 Å². The van der Waals surface area contributed by atoms with Crippen LogP contribution in [0.5, 0.6) is 11.5 Å². The second-order valence-electron chi connectivity index (χ2n) is 5.48. The Kier molecular flexibility index (Phi) is 6.68. The summed E-state index contributed by atoms with van der Waals surface area (Å²) >= 11 is 0. The van der Waals surface area contributed by atoms with E-state index >= 15 is 0 Å². The Balaban J connectivity index is 2.02. The van der Waals surface area contributed by atoms with Gasteiger partial charge in [0.25, 0.3) is 0 Å². The van der Waals surface area contributed by atoms with Crippen LogP contribution in [-0.2, 0) is 6.54 Å². The summed E-state index contributed by atoms with van der Waals surface area (Å²) in [5, 5.41) is 9.82. The lowest BCUT2D eigenvalue weighted by Gasteiger charge is -2.17. The van der Waals surface area contributed by atoms with Crippen molar-refractivity contribution in [1.82, 2.24) is 15.1 Å². The zero-order chi connectivity index (χ0) is 18.2. The van der Waals surface area contributed by atoms with Gasteiger partial charge in [0.05, 0.1) is 31.1 Å². The third kappa shape index (κ3) is 5.14. The van der Waals surface area contributed by atoms with Crippen molar-refractivity contribution in [2.24, 2.45) is 0 Å². The van der Waals surface area contributed by atoms with E-state index in [9.17, 15) is 4.79 Å². The molecular formula is C18H26N4O3. The summed E-state index contributed by atoms with van der Waals surface area (Å²) in [5.74, 6) is 1.39. The van der Waals surface area contributed by atoms with Gasteiger partial charge in [-0.1, -0.05) is 6.07 Å². The van der Waals surface area contributed by atoms with Gasteiger partial charge in [0, 0.05) is 12.7 Å². The molecule has 2 amide bonds. The molecule has 0 saturated carbocycles. The van der Waals surface area contributed by atoms with E-state index in [1.165, 1.54) is 0 Å². The molecule has 1 aromatic heterocycles. The van der Waals surface area contributed by atoms with Crippen LogP contribution in [0.15, 0.2) is 30.6 Å². The van der Waals surface area contributed by atoms with Crippen molar-refractivity contribution >= 4 is 11.7 Å². The first kappa shape index (κ1) is 18.6. The maximum absolute atomic E-state index is 12.2. The van der Waals surface area contributed by atoms with Gasteiger partial charge in [-0.15, -0.1) is 0 Å². The average molecular weight is 346 g/mol. The van der Waals surface area contributed by atoms with Gasteiger partial charge in [0.1, 0.15) is 0 Å². The largest absolute Gasteiger partial charge is 0.490 e. The molecule has 7 nitrogen and oxygen atoms in total. The standard InChI is InChI=1S/C18H26N4O3/c1-5-22-12-15(11-19-22)21-18(23)20-13(4)14-8-9-16(24-6-2)17(10-14)25-7-3/h8-13H,5-7H2,1-4H3,(H2,20,21,23). The Morgan fingerprint density at radius 1 is 1.20 bits per heavy atom. The minimum atomic E-state index is -0.282. The quantitative estimate of drug-likeness (QED) is 0.766. The summed E-state index contributed by atoms with van der Waals surface area (Å²) in [6.45, 7) is 9.63. The highest BCUT2D eigenvalue weighted by molar-refractivity contribution is 5.89. The monoisotopic (exact) mass is 346 g/mol. The SMILES string of the molecule is CCOc1ccc(C(C)NC(=O)Nc2cnn(CC)c2)cc1OCC. The summed E-state index contributed by atoms with van der Waals surface area (Å²) in [4.78, 5) is 12.2. The van der Waals surface area contributed by atoms with E-state index < -0.39 is 0 Å². The van der Waals surface area contributed by atoms with Crippen LogP contribution in [-0.4, -0.2) is 29.0 Å². The van der Waals surface area contributed by atoms with Crippen molar-refractivity contribution in [3.63, 3.8) is 0 Å². The molecule has 1 atom stereocenters. The van der Waals surface area contributed by atoms with Gasteiger partial charge in [0.15, 0.2) is 11.5 Å². The molecule has 0 aliphatic rings. The molecule has 0 fully saturated rings. The molecule has 0 aliphatic carbocycles. The maximum atomic E-state index is 12.2. The fraction of sp³-hybridized carbons (Fsp3) is 0.444. The van der Waals surface area contributed by atoms with Crippen LogP contribution in [0.1, 0.15) is 39.3 Å². The Labute approximate surface area is 148 Å². The minimum Gasteiger partial charge on any atom is -0.490 e. The van der Waals surface area contributed by atoms with E-state index in [4.69, 9.17) is 9.47 Å². The van der Waals surface area contributed by atoms with Crippen molar-refractivity contribution in [2.45, 2.75) is 40.3 Å². The minimum absolute atomic E-state index is 0.184. The first-order chi connectivity index (χ1) is 12.1. The van der Waals surface area contributed by atoms with Gasteiger partial charge in [-0.3, -0.25) is 4.68 Å². The van der Waals surface area contributed by atoms with E-state index in [1.807, 2.05) is 45.9 Å². The Morgan fingerprint density at radius 2 is 1.92 bits per heavy atom. The summed E-state index contributed by atoms with van der Waals surface area (Å²) < 4.78 is 12.9. The summed E-state index contributed by atoms with van der Waals surface area (Å²) in [7, 11) is 0. The molecule has 2 aromatic rings. The molecule has 136 valence electrons. The molecule has 0 aliphatic heterocycles. The number of nitrogens with one attached hydrogen (secondary N) is 2. The number of hydrogen-bond acceptors (Lipinski definition) is 4. The van der Waals surface area contributed by atoms with E-state index in [0.29, 0.717) is 30.4 Å². The van der Waals surface area contributed by atoms with Crippen LogP contribution in [0.4, 0.5) is 10.5 Å². The Morgan fingerprint density at radius 3 is 2.56 bits per heavy atom. The number of anilines is 1. The Bertz CT molecular complexity index is 699. The predicted molar refractivity (Wildman–Crippen MR) is 97.3 cm³/mol. The average Bonchev–Trinajstić information content (AvgIpc) is 3.04. The van der Waals surface area contributed by atoms with Gasteiger partial charge in [-0.25, -0.2) is 4.79 Å². The highest BCUT2D eigenvalue weighted by atomic mass is 16.5. The fourth-order valence-electron chi connectivity index (χ4n) is 2.39. The molecule has 1 aromatic carbocycles. The van der Waals surface area contributed by atoms with Crippen molar-refractivity contribution in [2.75, 3.05) is 18.5 Å². The summed E-state index contributed by atoms with van der Waals surface area (Å²) in [6, 6.07) is 5.22. The summed E-state index contributed by atoms with van der Waals surface area (Å²) in [6.07, 6.45) is 3.41. The number of amides is 2. The molecule has 0 spiro atoms. The molecule has 1 heterocycles. The molecule has 25 heavy (non-hydrogen) atoms. The van der Waals surface area contributed by atoms with Crippen LogP contribution < -0.4 is 20.1 Å². The maximum Gasteiger partial charge on any atom is 0.319 e. The number of urea groups is 1. The number of carbonyl (C=O) groups is 1. The molecule has 2 N–H and O–H groups in total. The molecule has 7 heteroatoms. The van der Waals surface area contributed by atoms with Gasteiger partial charge in [-0.05, 0) is 45.4 Å². The zero-order valence-electron chi connectivity index (χ0n) is 15.2. The number of aryl methyl sites for hydroxylation is 1. The number of nitrogens with zero attached hydrogens (tertiary/aromatic N) is 2. The number of ether oxygens (including phenoxy) is 2. The van der Waals surface area contributed by atoms with Crippen molar-refractivity contribution in [3.05, 3.63) is 36.2 Å². The highest BCUT2D eigenvalue weighted by Crippen LogP contribution is 2.30. The number of rotatable bonds is 8. The van der Waals surface area contributed by atoms with Gasteiger partial charge >= 0.3 is 6.03 Å². The highest BCUT2D eigenvalue weighted by Gasteiger charge is 2.13.